The molecule has 7 nitrogen and oxygen atoms in total. The van der Waals surface area contributed by atoms with Crippen LogP contribution in [-0.2, 0) is 11.8 Å². The van der Waals surface area contributed by atoms with E-state index in [1.807, 2.05) is 55.8 Å². The number of aromatic nitrogens is 5. The average Bonchev–Trinajstić information content (AvgIpc) is 3.16. The monoisotopic (exact) mass is 334 g/mol. The second-order valence-corrected chi connectivity index (χ2v) is 6.11. The number of hydrogen-bond acceptors (Lipinski definition) is 4. The normalized spacial score (nSPS) is 12.6. The minimum absolute atomic E-state index is 0.120. The third-order valence-corrected chi connectivity index (χ3v) is 4.41. The Kier molecular flexibility index (Phi) is 3.49. The molecule has 0 aliphatic carbocycles. The topological polar surface area (TPSA) is 77.6 Å². The van der Waals surface area contributed by atoms with Gasteiger partial charge in [-0.3, -0.25) is 9.48 Å². The number of carbonyl (C=O) groups is 1. The number of hydrogen-bond donors (Lipinski definition) is 1. The third kappa shape index (κ3) is 2.53. The summed E-state index contributed by atoms with van der Waals surface area (Å²) in [5, 5.41) is 8.22. The Morgan fingerprint density at radius 1 is 1.24 bits per heavy atom. The van der Waals surface area contributed by atoms with Gasteiger partial charge in [0.05, 0.1) is 34.9 Å². The van der Waals surface area contributed by atoms with E-state index in [0.717, 1.165) is 27.8 Å². The van der Waals surface area contributed by atoms with Crippen LogP contribution in [0.25, 0.3) is 22.1 Å². The van der Waals surface area contributed by atoms with Crippen molar-refractivity contribution in [3.05, 3.63) is 48.5 Å². The average molecular weight is 334 g/mol. The van der Waals surface area contributed by atoms with Crippen LogP contribution in [0.2, 0.25) is 0 Å². The number of benzene rings is 1. The molecule has 4 rings (SSSR count). The van der Waals surface area contributed by atoms with Crippen molar-refractivity contribution in [2.75, 3.05) is 5.32 Å². The lowest BCUT2D eigenvalue weighted by molar-refractivity contribution is -0.118. The SMILES string of the molecule is Cc1nn(C)c2ncc(NC(=O)[C@H](C)n3cnc4ccccc43)cc12. The second kappa shape index (κ2) is 5.70. The lowest BCUT2D eigenvalue weighted by Crippen LogP contribution is -2.23. The number of pyridine rings is 1. The molecule has 1 atom stereocenters. The predicted molar refractivity (Wildman–Crippen MR) is 96.3 cm³/mol. The molecular weight excluding hydrogens is 316 g/mol. The van der Waals surface area contributed by atoms with Gasteiger partial charge in [0.15, 0.2) is 5.65 Å². The van der Waals surface area contributed by atoms with Crippen LogP contribution >= 0.6 is 0 Å². The molecule has 1 amide bonds. The Morgan fingerprint density at radius 2 is 2.04 bits per heavy atom. The summed E-state index contributed by atoms with van der Waals surface area (Å²) in [6.07, 6.45) is 3.35. The summed E-state index contributed by atoms with van der Waals surface area (Å²) in [6.45, 7) is 3.78. The minimum Gasteiger partial charge on any atom is -0.323 e. The zero-order valence-electron chi connectivity index (χ0n) is 14.3. The summed E-state index contributed by atoms with van der Waals surface area (Å²) in [5.41, 5.74) is 4.14. The molecule has 4 aromatic rings. The van der Waals surface area contributed by atoms with Crippen molar-refractivity contribution in [2.45, 2.75) is 19.9 Å². The smallest absolute Gasteiger partial charge is 0.247 e. The highest BCUT2D eigenvalue weighted by molar-refractivity contribution is 5.96. The molecule has 3 aromatic heterocycles. The van der Waals surface area contributed by atoms with E-state index in [2.05, 4.69) is 20.4 Å². The van der Waals surface area contributed by atoms with Crippen LogP contribution in [-0.4, -0.2) is 30.2 Å². The van der Waals surface area contributed by atoms with Gasteiger partial charge in [0, 0.05) is 12.4 Å². The van der Waals surface area contributed by atoms with Gasteiger partial charge in [0.2, 0.25) is 5.91 Å². The van der Waals surface area contributed by atoms with Crippen molar-refractivity contribution in [2.24, 2.45) is 7.05 Å². The van der Waals surface area contributed by atoms with Crippen LogP contribution in [0.5, 0.6) is 0 Å². The Labute approximate surface area is 144 Å². The molecule has 0 aliphatic heterocycles. The van der Waals surface area contributed by atoms with Crippen LogP contribution in [0.3, 0.4) is 0 Å². The first-order valence-electron chi connectivity index (χ1n) is 8.06. The van der Waals surface area contributed by atoms with Gasteiger partial charge in [-0.1, -0.05) is 12.1 Å². The van der Waals surface area contributed by atoms with E-state index in [-0.39, 0.29) is 5.91 Å². The number of aryl methyl sites for hydroxylation is 2. The van der Waals surface area contributed by atoms with Gasteiger partial charge in [-0.15, -0.1) is 0 Å². The van der Waals surface area contributed by atoms with Gasteiger partial charge in [-0.2, -0.15) is 5.10 Å². The molecular formula is C18H18N6O. The summed E-state index contributed by atoms with van der Waals surface area (Å²) in [7, 11) is 1.85. The summed E-state index contributed by atoms with van der Waals surface area (Å²) >= 11 is 0. The molecule has 0 bridgehead atoms. The first-order valence-corrected chi connectivity index (χ1v) is 8.06. The number of anilines is 1. The highest BCUT2D eigenvalue weighted by atomic mass is 16.2. The molecule has 1 aromatic carbocycles. The van der Waals surface area contributed by atoms with Gasteiger partial charge in [0.25, 0.3) is 0 Å². The fourth-order valence-electron chi connectivity index (χ4n) is 3.04. The van der Waals surface area contributed by atoms with Crippen LogP contribution in [0, 0.1) is 6.92 Å². The molecule has 0 saturated heterocycles. The van der Waals surface area contributed by atoms with E-state index in [4.69, 9.17) is 0 Å². The molecule has 0 unspecified atom stereocenters. The maximum atomic E-state index is 12.7. The van der Waals surface area contributed by atoms with Gasteiger partial charge in [-0.25, -0.2) is 9.97 Å². The summed E-state index contributed by atoms with van der Waals surface area (Å²) in [4.78, 5) is 21.4. The van der Waals surface area contributed by atoms with Crippen LogP contribution in [0.1, 0.15) is 18.7 Å². The van der Waals surface area contributed by atoms with Crippen molar-refractivity contribution < 1.29 is 4.79 Å². The van der Waals surface area contributed by atoms with Gasteiger partial charge in [-0.05, 0) is 32.0 Å². The van der Waals surface area contributed by atoms with Gasteiger partial charge >= 0.3 is 0 Å². The summed E-state index contributed by atoms with van der Waals surface area (Å²) < 4.78 is 3.60. The molecule has 1 N–H and O–H groups in total. The number of amides is 1. The maximum Gasteiger partial charge on any atom is 0.247 e. The molecule has 0 saturated carbocycles. The lowest BCUT2D eigenvalue weighted by Gasteiger charge is -2.14. The Bertz CT molecular complexity index is 1090. The lowest BCUT2D eigenvalue weighted by atomic mass is 10.2. The summed E-state index contributed by atoms with van der Waals surface area (Å²) in [6, 6.07) is 9.27. The molecule has 0 fully saturated rings. The van der Waals surface area contributed by atoms with E-state index in [0.29, 0.717) is 5.69 Å². The van der Waals surface area contributed by atoms with Crippen LogP contribution in [0.15, 0.2) is 42.9 Å². The highest BCUT2D eigenvalue weighted by Gasteiger charge is 2.18. The second-order valence-electron chi connectivity index (χ2n) is 6.11. The van der Waals surface area contributed by atoms with Crippen molar-refractivity contribution >= 4 is 33.7 Å². The predicted octanol–water partition coefficient (Wildman–Crippen LogP) is 2.83. The minimum atomic E-state index is -0.391. The van der Waals surface area contributed by atoms with E-state index in [9.17, 15) is 4.79 Å². The largest absolute Gasteiger partial charge is 0.323 e. The fraction of sp³-hybridized carbons (Fsp3) is 0.222. The van der Waals surface area contributed by atoms with Crippen molar-refractivity contribution in [1.82, 2.24) is 24.3 Å². The fourth-order valence-corrected chi connectivity index (χ4v) is 3.04. The zero-order valence-corrected chi connectivity index (χ0v) is 14.3. The molecule has 0 spiro atoms. The number of imidazole rings is 1. The van der Waals surface area contributed by atoms with Crippen LogP contribution < -0.4 is 5.32 Å². The standard InChI is InChI=1S/C18H18N6O/c1-11-14-8-13(9-19-17(14)23(3)22-11)21-18(25)12(2)24-10-20-15-6-4-5-7-16(15)24/h4-10,12H,1-3H3,(H,21,25)/t12-/m0/s1. The molecule has 126 valence electrons. The number of rotatable bonds is 3. The van der Waals surface area contributed by atoms with E-state index in [1.165, 1.54) is 0 Å². The molecule has 0 radical (unpaired) electrons. The molecule has 3 heterocycles. The van der Waals surface area contributed by atoms with Gasteiger partial charge in [0.1, 0.15) is 6.04 Å². The number of fused-ring (bicyclic) bond motifs is 2. The van der Waals surface area contributed by atoms with Crippen molar-refractivity contribution in [3.8, 4) is 0 Å². The number of carbonyl (C=O) groups excluding carboxylic acids is 1. The molecule has 25 heavy (non-hydrogen) atoms. The first-order chi connectivity index (χ1) is 12.0. The van der Waals surface area contributed by atoms with Crippen LogP contribution in [0.4, 0.5) is 5.69 Å². The number of nitrogens with zero attached hydrogens (tertiary/aromatic N) is 5. The first kappa shape index (κ1) is 15.3. The molecule has 7 heteroatoms. The maximum absolute atomic E-state index is 12.7. The highest BCUT2D eigenvalue weighted by Crippen LogP contribution is 2.22. The Balaban J connectivity index is 1.62. The third-order valence-electron chi connectivity index (χ3n) is 4.41. The van der Waals surface area contributed by atoms with Crippen molar-refractivity contribution in [1.29, 1.82) is 0 Å². The Hall–Kier alpha value is -3.22. The summed E-state index contributed by atoms with van der Waals surface area (Å²) in [5.74, 6) is -0.120. The zero-order chi connectivity index (χ0) is 17.6. The number of nitrogens with one attached hydrogen (secondary N) is 1. The quantitative estimate of drug-likeness (QED) is 0.625. The Morgan fingerprint density at radius 3 is 2.88 bits per heavy atom. The van der Waals surface area contributed by atoms with Gasteiger partial charge < -0.3 is 9.88 Å². The van der Waals surface area contributed by atoms with Crippen molar-refractivity contribution in [3.63, 3.8) is 0 Å². The van der Waals surface area contributed by atoms with E-state index >= 15 is 0 Å². The number of para-hydroxylation sites is 2. The van der Waals surface area contributed by atoms with E-state index in [1.54, 1.807) is 17.2 Å². The molecule has 0 aliphatic rings. The van der Waals surface area contributed by atoms with E-state index < -0.39 is 6.04 Å².